The Morgan fingerprint density at radius 1 is 1.19 bits per heavy atom. The molecular formula is C17H26N3O5P. The number of hydrogen-bond acceptors (Lipinski definition) is 6. The van der Waals surface area contributed by atoms with E-state index in [4.69, 9.17) is 16.2 Å². The standard InChI is InChI=1S/C17H26N3O5P/c1-25-17(23)14(20-16(22)13(18)8-9-15(19)21)10-11-4-6-12(7-5-11)26(2,3)24/h4-7,13-14H,8-10,18H2,1-3H3,(H2,19,21)(H,20,22). The van der Waals surface area contributed by atoms with Crippen LogP contribution in [0.15, 0.2) is 24.3 Å². The fourth-order valence-electron chi connectivity index (χ4n) is 2.27. The summed E-state index contributed by atoms with van der Waals surface area (Å²) in [4.78, 5) is 34.9. The van der Waals surface area contributed by atoms with Gasteiger partial charge in [-0.2, -0.15) is 0 Å². The Hall–Kier alpha value is -2.18. The van der Waals surface area contributed by atoms with Crippen molar-refractivity contribution in [2.24, 2.45) is 11.5 Å². The Labute approximate surface area is 153 Å². The summed E-state index contributed by atoms with van der Waals surface area (Å²) < 4.78 is 16.8. The topological polar surface area (TPSA) is 142 Å². The molecule has 0 fully saturated rings. The van der Waals surface area contributed by atoms with Crippen LogP contribution in [0.2, 0.25) is 0 Å². The van der Waals surface area contributed by atoms with E-state index in [0.29, 0.717) is 0 Å². The van der Waals surface area contributed by atoms with Crippen LogP contribution in [0.1, 0.15) is 18.4 Å². The molecule has 0 aliphatic heterocycles. The van der Waals surface area contributed by atoms with Crippen molar-refractivity contribution in [3.8, 4) is 0 Å². The monoisotopic (exact) mass is 383 g/mol. The van der Waals surface area contributed by atoms with Gasteiger partial charge in [0.15, 0.2) is 0 Å². The molecule has 5 N–H and O–H groups in total. The molecule has 0 aromatic heterocycles. The molecule has 2 amide bonds. The first-order valence-electron chi connectivity index (χ1n) is 8.11. The van der Waals surface area contributed by atoms with Crippen molar-refractivity contribution in [2.45, 2.75) is 31.3 Å². The molecule has 1 rings (SSSR count). The Morgan fingerprint density at radius 2 is 1.77 bits per heavy atom. The Bertz CT molecular complexity index is 699. The molecule has 26 heavy (non-hydrogen) atoms. The Morgan fingerprint density at radius 3 is 2.23 bits per heavy atom. The third-order valence-electron chi connectivity index (χ3n) is 3.84. The summed E-state index contributed by atoms with van der Waals surface area (Å²) in [5.74, 6) is -1.73. The van der Waals surface area contributed by atoms with Crippen LogP contribution in [0.25, 0.3) is 0 Å². The molecule has 9 heteroatoms. The van der Waals surface area contributed by atoms with Gasteiger partial charge < -0.3 is 26.1 Å². The molecule has 2 unspecified atom stereocenters. The second-order valence-electron chi connectivity index (χ2n) is 6.42. The summed E-state index contributed by atoms with van der Waals surface area (Å²) in [7, 11) is -1.14. The SMILES string of the molecule is COC(=O)C(Cc1ccc(P(C)(C)=O)cc1)NC(=O)C(N)CCC(N)=O. The highest BCUT2D eigenvalue weighted by Crippen LogP contribution is 2.34. The molecule has 0 spiro atoms. The molecule has 0 heterocycles. The lowest BCUT2D eigenvalue weighted by Crippen LogP contribution is -2.49. The normalized spacial score (nSPS) is 13.5. The van der Waals surface area contributed by atoms with Gasteiger partial charge in [0.25, 0.3) is 0 Å². The lowest BCUT2D eigenvalue weighted by atomic mass is 10.0. The Balaban J connectivity index is 2.81. The van der Waals surface area contributed by atoms with Gasteiger partial charge in [0.2, 0.25) is 11.8 Å². The predicted octanol–water partition coefficient (Wildman–Crippen LogP) is -0.272. The molecule has 0 aliphatic rings. The highest BCUT2D eigenvalue weighted by molar-refractivity contribution is 7.70. The van der Waals surface area contributed by atoms with E-state index < -0.39 is 37.0 Å². The smallest absolute Gasteiger partial charge is 0.328 e. The highest BCUT2D eigenvalue weighted by atomic mass is 31.2. The van der Waals surface area contributed by atoms with Crippen LogP contribution in [-0.2, 0) is 30.1 Å². The number of esters is 1. The predicted molar refractivity (Wildman–Crippen MR) is 99.6 cm³/mol. The minimum atomic E-state index is -2.36. The number of primary amides is 1. The number of rotatable bonds is 9. The van der Waals surface area contributed by atoms with Gasteiger partial charge in [0.1, 0.15) is 13.2 Å². The highest BCUT2D eigenvalue weighted by Gasteiger charge is 2.25. The Kier molecular flexibility index (Phi) is 7.99. The molecule has 8 nitrogen and oxygen atoms in total. The lowest BCUT2D eigenvalue weighted by molar-refractivity contribution is -0.145. The average Bonchev–Trinajstić information content (AvgIpc) is 2.57. The molecule has 1 aromatic carbocycles. The minimum absolute atomic E-state index is 0.0208. The molecule has 0 aliphatic carbocycles. The fourth-order valence-corrected chi connectivity index (χ4v) is 3.14. The number of methoxy groups -OCH3 is 1. The largest absolute Gasteiger partial charge is 0.467 e. The van der Waals surface area contributed by atoms with E-state index in [0.717, 1.165) is 10.9 Å². The van der Waals surface area contributed by atoms with Gasteiger partial charge >= 0.3 is 5.97 Å². The molecular weight excluding hydrogens is 357 g/mol. The maximum Gasteiger partial charge on any atom is 0.328 e. The van der Waals surface area contributed by atoms with Gasteiger partial charge in [0, 0.05) is 18.1 Å². The molecule has 2 atom stereocenters. The first-order valence-corrected chi connectivity index (χ1v) is 10.7. The van der Waals surface area contributed by atoms with Crippen LogP contribution >= 0.6 is 7.14 Å². The van der Waals surface area contributed by atoms with E-state index in [2.05, 4.69) is 5.32 Å². The van der Waals surface area contributed by atoms with Crippen LogP contribution in [-0.4, -0.2) is 50.3 Å². The van der Waals surface area contributed by atoms with E-state index in [1.165, 1.54) is 7.11 Å². The van der Waals surface area contributed by atoms with Crippen LogP contribution in [0.4, 0.5) is 0 Å². The number of amides is 2. The fraction of sp³-hybridized carbons (Fsp3) is 0.471. The average molecular weight is 383 g/mol. The van der Waals surface area contributed by atoms with Crippen molar-refractivity contribution in [3.63, 3.8) is 0 Å². The number of hydrogen-bond donors (Lipinski definition) is 3. The number of nitrogens with one attached hydrogen (secondary N) is 1. The summed E-state index contributed by atoms with van der Waals surface area (Å²) in [5.41, 5.74) is 11.5. The van der Waals surface area contributed by atoms with Gasteiger partial charge in [-0.15, -0.1) is 0 Å². The van der Waals surface area contributed by atoms with Crippen molar-refractivity contribution in [3.05, 3.63) is 29.8 Å². The van der Waals surface area contributed by atoms with E-state index in [-0.39, 0.29) is 19.3 Å². The van der Waals surface area contributed by atoms with Crippen molar-refractivity contribution in [2.75, 3.05) is 20.4 Å². The minimum Gasteiger partial charge on any atom is -0.467 e. The summed E-state index contributed by atoms with van der Waals surface area (Å²) in [6.07, 6.45) is 0.262. The zero-order chi connectivity index (χ0) is 19.9. The molecule has 0 saturated carbocycles. The maximum absolute atomic E-state index is 12.1. The van der Waals surface area contributed by atoms with E-state index >= 15 is 0 Å². The van der Waals surface area contributed by atoms with Gasteiger partial charge in [-0.05, 0) is 25.3 Å². The summed E-state index contributed by atoms with van der Waals surface area (Å²) in [6, 6.07) is 5.11. The van der Waals surface area contributed by atoms with Crippen molar-refractivity contribution >= 4 is 30.2 Å². The number of nitrogens with two attached hydrogens (primary N) is 2. The molecule has 1 aromatic rings. The van der Waals surface area contributed by atoms with Gasteiger partial charge in [-0.25, -0.2) is 4.79 Å². The quantitative estimate of drug-likeness (QED) is 0.396. The first kappa shape index (κ1) is 21.9. The van der Waals surface area contributed by atoms with Crippen molar-refractivity contribution < 1.29 is 23.7 Å². The molecule has 0 radical (unpaired) electrons. The third kappa shape index (κ3) is 6.98. The number of ether oxygens (including phenoxy) is 1. The van der Waals surface area contributed by atoms with Crippen LogP contribution in [0.5, 0.6) is 0 Å². The number of carbonyl (C=O) groups is 3. The lowest BCUT2D eigenvalue weighted by Gasteiger charge is -2.19. The van der Waals surface area contributed by atoms with E-state index in [1.807, 2.05) is 0 Å². The maximum atomic E-state index is 12.1. The van der Waals surface area contributed by atoms with E-state index in [1.54, 1.807) is 37.6 Å². The second-order valence-corrected chi connectivity index (χ2v) is 9.64. The van der Waals surface area contributed by atoms with Crippen LogP contribution < -0.4 is 22.1 Å². The summed E-state index contributed by atoms with van der Waals surface area (Å²) in [5, 5.41) is 3.27. The molecule has 144 valence electrons. The molecule has 0 bridgehead atoms. The van der Waals surface area contributed by atoms with Gasteiger partial charge in [-0.1, -0.05) is 24.3 Å². The molecule has 0 saturated heterocycles. The second kappa shape index (κ2) is 9.50. The zero-order valence-electron chi connectivity index (χ0n) is 15.2. The third-order valence-corrected chi connectivity index (χ3v) is 5.38. The van der Waals surface area contributed by atoms with E-state index in [9.17, 15) is 18.9 Å². The first-order chi connectivity index (χ1) is 12.0. The summed E-state index contributed by atoms with van der Waals surface area (Å²) >= 11 is 0. The van der Waals surface area contributed by atoms with Gasteiger partial charge in [0.05, 0.1) is 13.2 Å². The van der Waals surface area contributed by atoms with Crippen molar-refractivity contribution in [1.82, 2.24) is 5.32 Å². The number of carbonyl (C=O) groups excluding carboxylic acids is 3. The zero-order valence-corrected chi connectivity index (χ0v) is 16.1. The van der Waals surface area contributed by atoms with Crippen LogP contribution in [0.3, 0.4) is 0 Å². The summed E-state index contributed by atoms with van der Waals surface area (Å²) in [6.45, 7) is 3.35. The number of benzene rings is 1. The van der Waals surface area contributed by atoms with Gasteiger partial charge in [-0.3, -0.25) is 9.59 Å². The van der Waals surface area contributed by atoms with Crippen LogP contribution in [0, 0.1) is 0 Å². The van der Waals surface area contributed by atoms with Crippen molar-refractivity contribution in [1.29, 1.82) is 0 Å².